The summed E-state index contributed by atoms with van der Waals surface area (Å²) < 4.78 is 9.37. The number of fused-ring (bicyclic) bond motifs is 8. The van der Waals surface area contributed by atoms with E-state index in [4.69, 9.17) is 4.42 Å². The first kappa shape index (κ1) is 35.8. The summed E-state index contributed by atoms with van der Waals surface area (Å²) in [5.41, 5.74) is 15.7. The summed E-state index contributed by atoms with van der Waals surface area (Å²) in [6.07, 6.45) is 0. The molecule has 0 saturated carbocycles. The Morgan fingerprint density at radius 1 is 0.371 bits per heavy atom. The van der Waals surface area contributed by atoms with E-state index in [1.807, 2.05) is 0 Å². The van der Waals surface area contributed by atoms with Crippen molar-refractivity contribution in [2.24, 2.45) is 0 Å². The number of rotatable bonds is 8. The molecule has 0 aliphatic heterocycles. The third kappa shape index (κ3) is 6.05. The van der Waals surface area contributed by atoms with Crippen LogP contribution >= 0.6 is 0 Å². The Kier molecular flexibility index (Phi) is 8.57. The van der Waals surface area contributed by atoms with Gasteiger partial charge in [-0.1, -0.05) is 176 Å². The van der Waals surface area contributed by atoms with Crippen LogP contribution in [0.2, 0.25) is 0 Å². The van der Waals surface area contributed by atoms with E-state index in [-0.39, 0.29) is 0 Å². The highest BCUT2D eigenvalue weighted by atomic mass is 16.3. The van der Waals surface area contributed by atoms with Crippen molar-refractivity contribution in [1.29, 1.82) is 0 Å². The summed E-state index contributed by atoms with van der Waals surface area (Å²) >= 11 is 0. The monoisotopic (exact) mass is 792 g/mol. The third-order valence-corrected chi connectivity index (χ3v) is 12.5. The van der Waals surface area contributed by atoms with E-state index in [2.05, 4.69) is 240 Å². The molecule has 0 saturated heterocycles. The highest BCUT2D eigenvalue weighted by molar-refractivity contribution is 6.23. The van der Waals surface area contributed by atoms with Crippen LogP contribution in [-0.2, 0) is 6.54 Å². The Morgan fingerprint density at radius 2 is 1.00 bits per heavy atom. The summed E-state index contributed by atoms with van der Waals surface area (Å²) in [5, 5.41) is 7.08. The quantitative estimate of drug-likeness (QED) is 0.153. The molecule has 3 nitrogen and oxygen atoms in total. The Balaban J connectivity index is 1.12. The second-order valence-electron chi connectivity index (χ2n) is 16.1. The number of furan rings is 1. The molecule has 0 N–H and O–H groups in total. The lowest BCUT2D eigenvalue weighted by molar-refractivity contribution is 0.669. The predicted octanol–water partition coefficient (Wildman–Crippen LogP) is 16.2. The second-order valence-corrected chi connectivity index (χ2v) is 16.1. The minimum Gasteiger partial charge on any atom is -0.456 e. The van der Waals surface area contributed by atoms with E-state index >= 15 is 0 Å². The van der Waals surface area contributed by atoms with E-state index in [1.54, 1.807) is 0 Å². The lowest BCUT2D eigenvalue weighted by Gasteiger charge is -2.27. The van der Waals surface area contributed by atoms with Crippen molar-refractivity contribution in [3.63, 3.8) is 0 Å². The number of nitrogens with zero attached hydrogens (tertiary/aromatic N) is 2. The summed E-state index contributed by atoms with van der Waals surface area (Å²) in [6, 6.07) is 83.1. The standard InChI is InChI=1S/C59H40N2O/c1-4-16-40(17-5-1)41-28-32-46(33-29-41)60(39-45-21-11-12-24-49(45)42-18-6-2-7-19-42)48-37-53(59-57(38-48)62-56-35-31-43-20-10-13-25-50(43)58(56)59)44-30-34-52-51-26-14-15-27-54(51)61(55(52)36-44)47-22-8-3-9-23-47/h1-38H,39H2. The SMILES string of the molecule is c1ccc(-c2ccc(N(Cc3ccccc3-c3ccccc3)c3cc(-c4ccc5c6ccccc6n(-c6ccccc6)c5c4)c4c(c3)oc3ccc5ccccc5c34)cc2)cc1. The highest BCUT2D eigenvalue weighted by Crippen LogP contribution is 2.45. The van der Waals surface area contributed by atoms with Crippen LogP contribution in [0, 0.1) is 0 Å². The molecule has 0 atom stereocenters. The molecule has 0 unspecified atom stereocenters. The van der Waals surface area contributed by atoms with Gasteiger partial charge in [0.1, 0.15) is 11.2 Å². The largest absolute Gasteiger partial charge is 0.456 e. The van der Waals surface area contributed by atoms with Gasteiger partial charge in [0.25, 0.3) is 0 Å². The molecule has 0 aliphatic rings. The van der Waals surface area contributed by atoms with E-state index < -0.39 is 0 Å². The lowest BCUT2D eigenvalue weighted by atomic mass is 9.94. The normalized spacial score (nSPS) is 11.6. The Hall–Kier alpha value is -8.14. The summed E-state index contributed by atoms with van der Waals surface area (Å²) in [4.78, 5) is 2.45. The van der Waals surface area contributed by atoms with Crippen LogP contribution in [0.5, 0.6) is 0 Å². The zero-order chi connectivity index (χ0) is 41.0. The molecular formula is C59H40N2O. The number of para-hydroxylation sites is 2. The first-order valence-electron chi connectivity index (χ1n) is 21.3. The van der Waals surface area contributed by atoms with Crippen LogP contribution in [0.25, 0.3) is 93.6 Å². The Morgan fingerprint density at radius 3 is 1.81 bits per heavy atom. The van der Waals surface area contributed by atoms with E-state index in [1.165, 1.54) is 54.9 Å². The van der Waals surface area contributed by atoms with Gasteiger partial charge in [0.05, 0.1) is 11.0 Å². The van der Waals surface area contributed by atoms with Gasteiger partial charge in [-0.25, -0.2) is 0 Å². The average molecular weight is 793 g/mol. The van der Waals surface area contributed by atoms with Crippen LogP contribution < -0.4 is 4.90 Å². The van der Waals surface area contributed by atoms with Crippen molar-refractivity contribution in [2.45, 2.75) is 6.54 Å². The van der Waals surface area contributed by atoms with Crippen molar-refractivity contribution >= 4 is 65.9 Å². The van der Waals surface area contributed by atoms with Crippen molar-refractivity contribution in [2.75, 3.05) is 4.90 Å². The third-order valence-electron chi connectivity index (χ3n) is 12.5. The average Bonchev–Trinajstić information content (AvgIpc) is 3.90. The van der Waals surface area contributed by atoms with Crippen LogP contribution in [0.4, 0.5) is 11.4 Å². The second kappa shape index (κ2) is 14.8. The minimum absolute atomic E-state index is 0.644. The zero-order valence-electron chi connectivity index (χ0n) is 33.9. The first-order valence-corrected chi connectivity index (χ1v) is 21.3. The van der Waals surface area contributed by atoms with Crippen molar-refractivity contribution < 1.29 is 4.42 Å². The van der Waals surface area contributed by atoms with Crippen molar-refractivity contribution in [1.82, 2.24) is 4.57 Å². The van der Waals surface area contributed by atoms with Gasteiger partial charge in [-0.15, -0.1) is 0 Å². The molecule has 12 aromatic rings. The molecular weight excluding hydrogens is 753 g/mol. The zero-order valence-corrected chi connectivity index (χ0v) is 33.9. The van der Waals surface area contributed by atoms with Gasteiger partial charge < -0.3 is 13.9 Å². The molecule has 2 heterocycles. The maximum Gasteiger partial charge on any atom is 0.138 e. The fraction of sp³-hybridized carbons (Fsp3) is 0.0169. The van der Waals surface area contributed by atoms with Crippen LogP contribution in [0.15, 0.2) is 235 Å². The fourth-order valence-electron chi connectivity index (χ4n) is 9.55. The number of anilines is 2. The number of hydrogen-bond acceptors (Lipinski definition) is 2. The van der Waals surface area contributed by atoms with Gasteiger partial charge in [0.2, 0.25) is 0 Å². The van der Waals surface area contributed by atoms with E-state index in [0.29, 0.717) is 6.54 Å². The van der Waals surface area contributed by atoms with Gasteiger partial charge >= 0.3 is 0 Å². The lowest BCUT2D eigenvalue weighted by Crippen LogP contribution is -2.17. The molecule has 2 aromatic heterocycles. The summed E-state index contributed by atoms with van der Waals surface area (Å²) in [5.74, 6) is 0. The smallest absolute Gasteiger partial charge is 0.138 e. The van der Waals surface area contributed by atoms with E-state index in [9.17, 15) is 0 Å². The molecule has 0 fully saturated rings. The minimum atomic E-state index is 0.644. The van der Waals surface area contributed by atoms with E-state index in [0.717, 1.165) is 55.6 Å². The maximum atomic E-state index is 6.97. The molecule has 292 valence electrons. The number of hydrogen-bond donors (Lipinski definition) is 0. The van der Waals surface area contributed by atoms with Gasteiger partial charge in [-0.3, -0.25) is 0 Å². The van der Waals surface area contributed by atoms with Crippen molar-refractivity contribution in [3.05, 3.63) is 236 Å². The summed E-state index contributed by atoms with van der Waals surface area (Å²) in [6.45, 7) is 0.644. The van der Waals surface area contributed by atoms with Crippen LogP contribution in [-0.4, -0.2) is 4.57 Å². The number of benzene rings is 10. The molecule has 62 heavy (non-hydrogen) atoms. The molecule has 12 rings (SSSR count). The van der Waals surface area contributed by atoms with Crippen molar-refractivity contribution in [3.8, 4) is 39.1 Å². The highest BCUT2D eigenvalue weighted by Gasteiger charge is 2.22. The summed E-state index contributed by atoms with van der Waals surface area (Å²) in [7, 11) is 0. The molecule has 0 spiro atoms. The van der Waals surface area contributed by atoms with Crippen LogP contribution in [0.3, 0.4) is 0 Å². The molecule has 0 radical (unpaired) electrons. The van der Waals surface area contributed by atoms with Gasteiger partial charge in [-0.2, -0.15) is 0 Å². The molecule has 0 bridgehead atoms. The Bertz CT molecular complexity index is 3590. The molecule has 0 aliphatic carbocycles. The first-order chi connectivity index (χ1) is 30.7. The molecule has 3 heteroatoms. The maximum absolute atomic E-state index is 6.97. The van der Waals surface area contributed by atoms with Gasteiger partial charge in [0.15, 0.2) is 0 Å². The topological polar surface area (TPSA) is 21.3 Å². The fourth-order valence-corrected chi connectivity index (χ4v) is 9.55. The van der Waals surface area contributed by atoms with Gasteiger partial charge in [-0.05, 0) is 98.2 Å². The molecule has 0 amide bonds. The van der Waals surface area contributed by atoms with Gasteiger partial charge in [0, 0.05) is 51.2 Å². The number of aromatic nitrogens is 1. The Labute approximate surface area is 360 Å². The van der Waals surface area contributed by atoms with Crippen LogP contribution in [0.1, 0.15) is 5.56 Å². The molecule has 10 aromatic carbocycles. The predicted molar refractivity (Wildman–Crippen MR) is 261 cm³/mol.